The molecule has 1 rings (SSSR count). The van der Waals surface area contributed by atoms with Gasteiger partial charge in [0.15, 0.2) is 0 Å². The third-order valence-electron chi connectivity index (χ3n) is 3.72. The maximum absolute atomic E-state index is 12.4. The summed E-state index contributed by atoms with van der Waals surface area (Å²) >= 11 is 0. The number of carbonyl (C=O) groups excluding carboxylic acids is 2. The van der Waals surface area contributed by atoms with Crippen molar-refractivity contribution >= 4 is 17.9 Å². The number of carboxylic acid groups (broad SMARTS) is 1. The number of ether oxygens (including phenoxy) is 2. The lowest BCUT2D eigenvalue weighted by Crippen LogP contribution is -2.45. The van der Waals surface area contributed by atoms with Crippen molar-refractivity contribution in [3.05, 3.63) is 12.2 Å². The van der Waals surface area contributed by atoms with Crippen LogP contribution >= 0.6 is 0 Å². The van der Waals surface area contributed by atoms with Crippen LogP contribution < -0.4 is 0 Å². The third kappa shape index (κ3) is 4.58. The van der Waals surface area contributed by atoms with Crippen molar-refractivity contribution in [1.29, 1.82) is 0 Å². The number of aliphatic carboxylic acids is 1. The summed E-state index contributed by atoms with van der Waals surface area (Å²) in [5.74, 6) is -2.11. The van der Waals surface area contributed by atoms with Gasteiger partial charge in [0.05, 0.1) is 6.61 Å². The molecule has 6 heteroatoms. The van der Waals surface area contributed by atoms with E-state index < -0.39 is 23.3 Å². The Morgan fingerprint density at radius 2 is 2.05 bits per heavy atom. The van der Waals surface area contributed by atoms with Gasteiger partial charge in [0.25, 0.3) is 0 Å². The molecule has 118 valence electrons. The number of hydrogen-bond donors (Lipinski definition) is 1. The maximum atomic E-state index is 12.4. The maximum Gasteiger partial charge on any atom is 0.316 e. The van der Waals surface area contributed by atoms with E-state index in [1.54, 1.807) is 6.92 Å². The van der Waals surface area contributed by atoms with Crippen molar-refractivity contribution in [2.24, 2.45) is 11.3 Å². The number of hydrogen-bond acceptors (Lipinski definition) is 5. The van der Waals surface area contributed by atoms with Gasteiger partial charge in [0.1, 0.15) is 12.0 Å². The zero-order chi connectivity index (χ0) is 15.9. The Kier molecular flexibility index (Phi) is 6.39. The first-order valence-corrected chi connectivity index (χ1v) is 7.11. The molecular formula is C15H22O6. The predicted octanol–water partition coefficient (Wildman–Crippen LogP) is 1.93. The third-order valence-corrected chi connectivity index (χ3v) is 3.72. The molecule has 1 aliphatic carbocycles. The lowest BCUT2D eigenvalue weighted by molar-refractivity contribution is -0.168. The molecule has 0 unspecified atom stereocenters. The molecule has 0 saturated heterocycles. The number of esters is 2. The van der Waals surface area contributed by atoms with E-state index in [9.17, 15) is 14.4 Å². The molecule has 2 atom stereocenters. The minimum atomic E-state index is -0.980. The number of carboxylic acids is 1. The number of carbonyl (C=O) groups is 3. The first-order valence-electron chi connectivity index (χ1n) is 7.11. The van der Waals surface area contributed by atoms with Crippen LogP contribution in [0.5, 0.6) is 0 Å². The van der Waals surface area contributed by atoms with Crippen molar-refractivity contribution in [2.75, 3.05) is 13.2 Å². The van der Waals surface area contributed by atoms with Crippen LogP contribution in [0.1, 0.15) is 39.5 Å². The average molecular weight is 298 g/mol. The van der Waals surface area contributed by atoms with E-state index in [4.69, 9.17) is 14.6 Å². The second-order valence-corrected chi connectivity index (χ2v) is 5.16. The van der Waals surface area contributed by atoms with Crippen LogP contribution in [0.4, 0.5) is 0 Å². The summed E-state index contributed by atoms with van der Waals surface area (Å²) in [4.78, 5) is 34.3. The SMILES string of the molecule is CCOC(=O)[C@@]1(COC(C)=O)CCC=C[C@@H]1CCC(=O)O. The summed E-state index contributed by atoms with van der Waals surface area (Å²) in [5.41, 5.74) is -0.980. The largest absolute Gasteiger partial charge is 0.481 e. The van der Waals surface area contributed by atoms with Crippen molar-refractivity contribution in [2.45, 2.75) is 39.5 Å². The van der Waals surface area contributed by atoms with Gasteiger partial charge in [-0.1, -0.05) is 12.2 Å². The van der Waals surface area contributed by atoms with Crippen molar-refractivity contribution in [1.82, 2.24) is 0 Å². The molecule has 0 bridgehead atoms. The Morgan fingerprint density at radius 3 is 2.62 bits per heavy atom. The van der Waals surface area contributed by atoms with E-state index in [0.29, 0.717) is 19.3 Å². The topological polar surface area (TPSA) is 89.9 Å². The van der Waals surface area contributed by atoms with Gasteiger partial charge in [-0.25, -0.2) is 0 Å². The van der Waals surface area contributed by atoms with Crippen LogP contribution in [0.25, 0.3) is 0 Å². The van der Waals surface area contributed by atoms with Crippen LogP contribution in [0, 0.1) is 11.3 Å². The Hall–Kier alpha value is -1.85. The molecule has 0 radical (unpaired) electrons. The summed E-state index contributed by atoms with van der Waals surface area (Å²) in [7, 11) is 0. The molecule has 0 aromatic heterocycles. The van der Waals surface area contributed by atoms with Gasteiger partial charge < -0.3 is 14.6 Å². The van der Waals surface area contributed by atoms with Gasteiger partial charge in [-0.05, 0) is 32.1 Å². The molecule has 0 amide bonds. The normalized spacial score (nSPS) is 24.4. The number of rotatable bonds is 7. The number of allylic oxidation sites excluding steroid dienone is 2. The van der Waals surface area contributed by atoms with Crippen molar-refractivity contribution in [3.63, 3.8) is 0 Å². The molecule has 0 heterocycles. The summed E-state index contributed by atoms with van der Waals surface area (Å²) in [5, 5.41) is 8.85. The molecule has 1 N–H and O–H groups in total. The molecule has 6 nitrogen and oxygen atoms in total. The van der Waals surface area contributed by atoms with Gasteiger partial charge in [-0.2, -0.15) is 0 Å². The van der Waals surface area contributed by atoms with Crippen LogP contribution in [0.2, 0.25) is 0 Å². The molecule has 21 heavy (non-hydrogen) atoms. The lowest BCUT2D eigenvalue weighted by Gasteiger charge is -2.38. The monoisotopic (exact) mass is 298 g/mol. The molecule has 0 aliphatic heterocycles. The van der Waals surface area contributed by atoms with Crippen molar-refractivity contribution < 1.29 is 29.0 Å². The predicted molar refractivity (Wildman–Crippen MR) is 74.4 cm³/mol. The zero-order valence-electron chi connectivity index (χ0n) is 12.5. The van der Waals surface area contributed by atoms with Crippen LogP contribution in [0.15, 0.2) is 12.2 Å². The highest BCUT2D eigenvalue weighted by Crippen LogP contribution is 2.42. The fourth-order valence-corrected chi connectivity index (χ4v) is 2.62. The fraction of sp³-hybridized carbons (Fsp3) is 0.667. The zero-order valence-corrected chi connectivity index (χ0v) is 12.5. The van der Waals surface area contributed by atoms with E-state index in [-0.39, 0.29) is 25.6 Å². The molecule has 0 saturated carbocycles. The highest BCUT2D eigenvalue weighted by Gasteiger charge is 2.47. The van der Waals surface area contributed by atoms with Crippen molar-refractivity contribution in [3.8, 4) is 0 Å². The average Bonchev–Trinajstić information content (AvgIpc) is 2.43. The molecule has 1 aliphatic rings. The Labute approximate surface area is 124 Å². The van der Waals surface area contributed by atoms with Crippen LogP contribution in [-0.4, -0.2) is 36.2 Å². The van der Waals surface area contributed by atoms with Crippen LogP contribution in [-0.2, 0) is 23.9 Å². The molecule has 0 aromatic rings. The van der Waals surface area contributed by atoms with E-state index in [2.05, 4.69) is 0 Å². The van der Waals surface area contributed by atoms with E-state index in [1.807, 2.05) is 12.2 Å². The Balaban J connectivity index is 2.98. The first kappa shape index (κ1) is 17.2. The van der Waals surface area contributed by atoms with Gasteiger partial charge in [-0.15, -0.1) is 0 Å². The van der Waals surface area contributed by atoms with Crippen LogP contribution in [0.3, 0.4) is 0 Å². The summed E-state index contributed by atoms with van der Waals surface area (Å²) in [6.45, 7) is 3.15. The fourth-order valence-electron chi connectivity index (χ4n) is 2.62. The highest BCUT2D eigenvalue weighted by molar-refractivity contribution is 5.79. The van der Waals surface area contributed by atoms with Gasteiger partial charge in [0.2, 0.25) is 0 Å². The van der Waals surface area contributed by atoms with Gasteiger partial charge in [0, 0.05) is 13.3 Å². The van der Waals surface area contributed by atoms with Gasteiger partial charge >= 0.3 is 17.9 Å². The summed E-state index contributed by atoms with van der Waals surface area (Å²) in [6.07, 6.45) is 5.19. The second-order valence-electron chi connectivity index (χ2n) is 5.16. The standard InChI is InChI=1S/C15H22O6/c1-3-20-14(19)15(10-21-11(2)16)9-5-4-6-12(15)7-8-13(17)18/h4,6,12H,3,5,7-10H2,1-2H3,(H,17,18)/t12-,15-/m1/s1. The lowest BCUT2D eigenvalue weighted by atomic mass is 9.68. The summed E-state index contributed by atoms with van der Waals surface area (Å²) in [6, 6.07) is 0. The van der Waals surface area contributed by atoms with E-state index in [1.165, 1.54) is 6.92 Å². The molecular weight excluding hydrogens is 276 g/mol. The minimum Gasteiger partial charge on any atom is -0.481 e. The molecule has 0 aromatic carbocycles. The van der Waals surface area contributed by atoms with Gasteiger partial charge in [-0.3, -0.25) is 14.4 Å². The first-order chi connectivity index (χ1) is 9.92. The molecule has 0 fully saturated rings. The quantitative estimate of drug-likeness (QED) is 0.570. The second kappa shape index (κ2) is 7.81. The van der Waals surface area contributed by atoms with E-state index in [0.717, 1.165) is 0 Å². The Bertz CT molecular complexity index is 428. The Morgan fingerprint density at radius 1 is 1.33 bits per heavy atom. The minimum absolute atomic E-state index is 0.0454. The smallest absolute Gasteiger partial charge is 0.316 e. The van der Waals surface area contributed by atoms with E-state index >= 15 is 0 Å². The molecule has 0 spiro atoms. The highest BCUT2D eigenvalue weighted by atomic mass is 16.6. The summed E-state index contributed by atoms with van der Waals surface area (Å²) < 4.78 is 10.2.